The molecule has 0 saturated carbocycles. The van der Waals surface area contributed by atoms with Gasteiger partial charge < -0.3 is 14.9 Å². The molecule has 0 heterocycles. The highest BCUT2D eigenvalue weighted by molar-refractivity contribution is 5.36. The van der Waals surface area contributed by atoms with Crippen molar-refractivity contribution < 1.29 is 28.1 Å². The molecule has 2 N–H and O–H groups in total. The largest absolute Gasteiger partial charge is 0.434 e. The minimum atomic E-state index is -3.21. The molecule has 0 amide bonds. The summed E-state index contributed by atoms with van der Waals surface area (Å²) in [6.07, 6.45) is -3.18. The van der Waals surface area contributed by atoms with Crippen molar-refractivity contribution in [1.82, 2.24) is 0 Å². The number of hydrogen-bond donors (Lipinski definition) is 2. The molecule has 19 heavy (non-hydrogen) atoms. The topological polar surface area (TPSA) is 98.5 Å². The van der Waals surface area contributed by atoms with Crippen LogP contribution in [0.5, 0.6) is 5.75 Å². The van der Waals surface area contributed by atoms with E-state index in [4.69, 9.17) is 5.53 Å². The van der Waals surface area contributed by atoms with Crippen LogP contribution >= 0.6 is 0 Å². The molecule has 2 atom stereocenters. The van der Waals surface area contributed by atoms with E-state index in [1.165, 1.54) is 0 Å². The van der Waals surface area contributed by atoms with E-state index in [-0.39, 0.29) is 5.56 Å². The molecular weight excluding hydrogens is 267 g/mol. The second kappa shape index (κ2) is 6.83. The Morgan fingerprint density at radius 3 is 2.63 bits per heavy atom. The fraction of sp³-hybridized carbons (Fsp3) is 0.400. The van der Waals surface area contributed by atoms with Crippen molar-refractivity contribution >= 4 is 0 Å². The third kappa shape index (κ3) is 4.32. The molecule has 0 radical (unpaired) electrons. The zero-order valence-corrected chi connectivity index (χ0v) is 9.45. The highest BCUT2D eigenvalue weighted by atomic mass is 19.3. The van der Waals surface area contributed by atoms with Gasteiger partial charge in [0.15, 0.2) is 0 Å². The van der Waals surface area contributed by atoms with Crippen LogP contribution in [0.4, 0.5) is 13.2 Å². The first-order valence-corrected chi connectivity index (χ1v) is 5.07. The van der Waals surface area contributed by atoms with E-state index in [2.05, 4.69) is 14.8 Å². The zero-order chi connectivity index (χ0) is 14.4. The van der Waals surface area contributed by atoms with E-state index in [1.54, 1.807) is 0 Å². The lowest BCUT2D eigenvalue weighted by molar-refractivity contribution is -0.0537. The van der Waals surface area contributed by atoms with Crippen LogP contribution in [-0.4, -0.2) is 29.5 Å². The normalized spacial score (nSPS) is 13.8. The van der Waals surface area contributed by atoms with Gasteiger partial charge in [-0.3, -0.25) is 0 Å². The summed E-state index contributed by atoms with van der Waals surface area (Å²) in [6, 6.07) is 2.57. The van der Waals surface area contributed by atoms with Crippen molar-refractivity contribution in [2.75, 3.05) is 6.54 Å². The van der Waals surface area contributed by atoms with Gasteiger partial charge in [0.1, 0.15) is 17.7 Å². The maximum absolute atomic E-state index is 12.9. The lowest BCUT2D eigenvalue weighted by Gasteiger charge is -2.19. The number of hydrogen-bond acceptors (Lipinski definition) is 4. The Balaban J connectivity index is 3.00. The number of benzene rings is 1. The number of aliphatic hydroxyl groups is 2. The van der Waals surface area contributed by atoms with Gasteiger partial charge in [-0.05, 0) is 17.7 Å². The van der Waals surface area contributed by atoms with Crippen molar-refractivity contribution in [3.63, 3.8) is 0 Å². The first-order valence-electron chi connectivity index (χ1n) is 5.07. The number of aliphatic hydroxyl groups excluding tert-OH is 2. The SMILES string of the molecule is [N-]=[N+]=NCC(O)C(O)c1ccc(F)cc1OC(F)F. The molecule has 104 valence electrons. The number of ether oxygens (including phenoxy) is 1. The van der Waals surface area contributed by atoms with E-state index in [0.29, 0.717) is 6.07 Å². The van der Waals surface area contributed by atoms with Gasteiger partial charge in [0, 0.05) is 16.5 Å². The van der Waals surface area contributed by atoms with Gasteiger partial charge in [0.05, 0.1) is 12.6 Å². The van der Waals surface area contributed by atoms with Gasteiger partial charge in [-0.1, -0.05) is 5.11 Å². The van der Waals surface area contributed by atoms with Crippen LogP contribution in [0, 0.1) is 5.82 Å². The molecule has 1 aromatic carbocycles. The predicted octanol–water partition coefficient (Wildman–Crippen LogP) is 2.13. The van der Waals surface area contributed by atoms with Crippen LogP contribution in [0.1, 0.15) is 11.7 Å². The van der Waals surface area contributed by atoms with Crippen LogP contribution in [0.3, 0.4) is 0 Å². The monoisotopic (exact) mass is 277 g/mol. The van der Waals surface area contributed by atoms with Crippen molar-refractivity contribution in [2.24, 2.45) is 5.11 Å². The van der Waals surface area contributed by atoms with Crippen LogP contribution in [0.2, 0.25) is 0 Å². The third-order valence-corrected chi connectivity index (χ3v) is 2.21. The Kier molecular flexibility index (Phi) is 5.43. The minimum Gasteiger partial charge on any atom is -0.434 e. The highest BCUT2D eigenvalue weighted by Gasteiger charge is 2.23. The lowest BCUT2D eigenvalue weighted by Crippen LogP contribution is -2.22. The molecule has 6 nitrogen and oxygen atoms in total. The molecule has 0 aromatic heterocycles. The fourth-order valence-corrected chi connectivity index (χ4v) is 1.38. The molecule has 0 aliphatic carbocycles. The maximum atomic E-state index is 12.9. The van der Waals surface area contributed by atoms with Gasteiger partial charge in [0.25, 0.3) is 0 Å². The summed E-state index contributed by atoms with van der Waals surface area (Å²) in [4.78, 5) is 2.38. The summed E-state index contributed by atoms with van der Waals surface area (Å²) in [5.41, 5.74) is 7.84. The summed E-state index contributed by atoms with van der Waals surface area (Å²) < 4.78 is 41.3. The molecule has 0 spiro atoms. The minimum absolute atomic E-state index is 0.234. The van der Waals surface area contributed by atoms with Gasteiger partial charge in [-0.2, -0.15) is 8.78 Å². The number of halogens is 3. The predicted molar refractivity (Wildman–Crippen MR) is 58.0 cm³/mol. The summed E-state index contributed by atoms with van der Waals surface area (Å²) in [6.45, 7) is -3.68. The van der Waals surface area contributed by atoms with Gasteiger partial charge in [-0.25, -0.2) is 4.39 Å². The summed E-state index contributed by atoms with van der Waals surface area (Å²) in [5.74, 6) is -1.43. The van der Waals surface area contributed by atoms with Gasteiger partial charge in [-0.15, -0.1) is 0 Å². The Morgan fingerprint density at radius 1 is 1.37 bits per heavy atom. The quantitative estimate of drug-likeness (QED) is 0.473. The number of azide groups is 1. The average molecular weight is 277 g/mol. The third-order valence-electron chi connectivity index (χ3n) is 2.21. The van der Waals surface area contributed by atoms with Crippen LogP contribution in [0.25, 0.3) is 10.4 Å². The maximum Gasteiger partial charge on any atom is 0.387 e. The smallest absolute Gasteiger partial charge is 0.387 e. The van der Waals surface area contributed by atoms with Gasteiger partial charge in [0.2, 0.25) is 0 Å². The Morgan fingerprint density at radius 2 is 2.05 bits per heavy atom. The van der Waals surface area contributed by atoms with E-state index >= 15 is 0 Å². The molecule has 1 rings (SSSR count). The molecule has 0 bridgehead atoms. The number of rotatable bonds is 6. The van der Waals surface area contributed by atoms with Crippen molar-refractivity contribution in [3.05, 3.63) is 40.0 Å². The molecule has 0 aliphatic rings. The van der Waals surface area contributed by atoms with Crippen molar-refractivity contribution in [1.29, 1.82) is 0 Å². The number of alkyl halides is 2. The van der Waals surface area contributed by atoms with Gasteiger partial charge >= 0.3 is 6.61 Å². The first-order chi connectivity index (χ1) is 8.95. The van der Waals surface area contributed by atoms with Crippen molar-refractivity contribution in [2.45, 2.75) is 18.8 Å². The molecule has 9 heteroatoms. The lowest BCUT2D eigenvalue weighted by atomic mass is 10.0. The van der Waals surface area contributed by atoms with Crippen molar-refractivity contribution in [3.8, 4) is 5.75 Å². The standard InChI is InChI=1S/C10H10F3N3O3/c11-5-1-2-6(8(3-5)19-10(12)13)9(18)7(17)4-15-16-14/h1-3,7,9-10,17-18H,4H2. The van der Waals surface area contributed by atoms with Crippen LogP contribution in [0.15, 0.2) is 23.3 Å². The highest BCUT2D eigenvalue weighted by Crippen LogP contribution is 2.29. The van der Waals surface area contributed by atoms with E-state index in [0.717, 1.165) is 12.1 Å². The summed E-state index contributed by atoms with van der Waals surface area (Å²) >= 11 is 0. The Hall–Kier alpha value is -1.96. The van der Waals surface area contributed by atoms with E-state index in [9.17, 15) is 23.4 Å². The molecular formula is C10H10F3N3O3. The number of nitrogens with zero attached hydrogens (tertiary/aromatic N) is 3. The fourth-order valence-electron chi connectivity index (χ4n) is 1.38. The molecule has 0 saturated heterocycles. The second-order valence-corrected chi connectivity index (χ2v) is 3.49. The first kappa shape index (κ1) is 15.1. The van der Waals surface area contributed by atoms with E-state index < -0.39 is 36.9 Å². The van der Waals surface area contributed by atoms with E-state index in [1.807, 2.05) is 0 Å². The Labute approximate surface area is 105 Å². The molecule has 0 aliphatic heterocycles. The molecule has 2 unspecified atom stereocenters. The van der Waals surface area contributed by atoms with Crippen LogP contribution in [-0.2, 0) is 0 Å². The summed E-state index contributed by atoms with van der Waals surface area (Å²) in [5, 5.41) is 22.2. The molecule has 1 aromatic rings. The summed E-state index contributed by atoms with van der Waals surface area (Å²) in [7, 11) is 0. The second-order valence-electron chi connectivity index (χ2n) is 3.49. The average Bonchev–Trinajstić information content (AvgIpc) is 2.34. The Bertz CT molecular complexity index is 480. The zero-order valence-electron chi connectivity index (χ0n) is 9.45. The van der Waals surface area contributed by atoms with Crippen LogP contribution < -0.4 is 4.74 Å². The molecule has 0 fully saturated rings.